The second-order valence-electron chi connectivity index (χ2n) is 4.42. The van der Waals surface area contributed by atoms with Crippen molar-refractivity contribution < 1.29 is 22.7 Å². The number of esters is 1. The van der Waals surface area contributed by atoms with Crippen molar-refractivity contribution in [3.63, 3.8) is 0 Å². The molecular weight excluding hydrogens is 317 g/mol. The SMILES string of the molecule is CCOC(=O)Cc1nc2ccc(C(F)(F)F)cn2c1SCC. The summed E-state index contributed by atoms with van der Waals surface area (Å²) < 4.78 is 44.8. The minimum atomic E-state index is -4.42. The Hall–Kier alpha value is -1.70. The van der Waals surface area contributed by atoms with E-state index >= 15 is 0 Å². The van der Waals surface area contributed by atoms with E-state index in [0.717, 1.165) is 12.3 Å². The molecule has 0 atom stereocenters. The number of ether oxygens (including phenoxy) is 1. The minimum absolute atomic E-state index is 0.0563. The fourth-order valence-corrected chi connectivity index (χ4v) is 2.84. The van der Waals surface area contributed by atoms with Gasteiger partial charge in [-0.25, -0.2) is 4.98 Å². The van der Waals surface area contributed by atoms with Crippen LogP contribution in [0.2, 0.25) is 0 Å². The number of fused-ring (bicyclic) bond motifs is 1. The first-order valence-corrected chi connectivity index (χ1v) is 7.72. The molecule has 0 spiro atoms. The summed E-state index contributed by atoms with van der Waals surface area (Å²) in [5, 5.41) is 0.539. The molecule has 0 aromatic carbocycles. The summed E-state index contributed by atoms with van der Waals surface area (Å²) in [5.74, 6) is 0.208. The molecule has 0 unspecified atom stereocenters. The zero-order valence-corrected chi connectivity index (χ0v) is 12.9. The summed E-state index contributed by atoms with van der Waals surface area (Å²) in [5.41, 5.74) is 0.0610. The number of alkyl halides is 3. The van der Waals surface area contributed by atoms with Gasteiger partial charge in [0.15, 0.2) is 0 Å². The molecule has 4 nitrogen and oxygen atoms in total. The molecule has 0 aliphatic carbocycles. The molecule has 2 rings (SSSR count). The van der Waals surface area contributed by atoms with Gasteiger partial charge >= 0.3 is 12.1 Å². The van der Waals surface area contributed by atoms with Crippen LogP contribution < -0.4 is 0 Å². The molecular formula is C14H15F3N2O2S. The van der Waals surface area contributed by atoms with Crippen molar-refractivity contribution in [3.05, 3.63) is 29.6 Å². The summed E-state index contributed by atoms with van der Waals surface area (Å²) >= 11 is 1.34. The number of rotatable bonds is 5. The number of nitrogens with zero attached hydrogens (tertiary/aromatic N) is 2. The quantitative estimate of drug-likeness (QED) is 0.620. The summed E-state index contributed by atoms with van der Waals surface area (Å²) in [4.78, 5) is 15.9. The summed E-state index contributed by atoms with van der Waals surface area (Å²) in [6, 6.07) is 2.29. The van der Waals surface area contributed by atoms with E-state index in [9.17, 15) is 18.0 Å². The van der Waals surface area contributed by atoms with Crippen molar-refractivity contribution in [1.29, 1.82) is 0 Å². The van der Waals surface area contributed by atoms with Crippen LogP contribution >= 0.6 is 11.8 Å². The lowest BCUT2D eigenvalue weighted by Crippen LogP contribution is -2.09. The third-order valence-electron chi connectivity index (χ3n) is 2.87. The number of hydrogen-bond donors (Lipinski definition) is 0. The van der Waals surface area contributed by atoms with Crippen molar-refractivity contribution in [2.75, 3.05) is 12.4 Å². The molecule has 2 aromatic heterocycles. The molecule has 0 fully saturated rings. The van der Waals surface area contributed by atoms with Crippen LogP contribution in [0, 0.1) is 0 Å². The number of carbonyl (C=O) groups excluding carboxylic acids is 1. The largest absolute Gasteiger partial charge is 0.466 e. The van der Waals surface area contributed by atoms with Crippen LogP contribution in [0.5, 0.6) is 0 Å². The number of halogens is 3. The second-order valence-corrected chi connectivity index (χ2v) is 5.67. The normalized spacial score (nSPS) is 11.9. The molecule has 0 N–H and O–H groups in total. The number of hydrogen-bond acceptors (Lipinski definition) is 4. The van der Waals surface area contributed by atoms with Crippen molar-refractivity contribution in [2.45, 2.75) is 31.5 Å². The van der Waals surface area contributed by atoms with Gasteiger partial charge < -0.3 is 4.74 Å². The van der Waals surface area contributed by atoms with Crippen LogP contribution in [0.25, 0.3) is 5.65 Å². The second kappa shape index (κ2) is 6.60. The zero-order valence-electron chi connectivity index (χ0n) is 12.1. The van der Waals surface area contributed by atoms with Crippen LogP contribution in [-0.2, 0) is 22.1 Å². The highest BCUT2D eigenvalue weighted by Gasteiger charge is 2.31. The highest BCUT2D eigenvalue weighted by atomic mass is 32.2. The first kappa shape index (κ1) is 16.7. The monoisotopic (exact) mass is 332 g/mol. The smallest absolute Gasteiger partial charge is 0.417 e. The molecule has 22 heavy (non-hydrogen) atoms. The van der Waals surface area contributed by atoms with Gasteiger partial charge in [0.2, 0.25) is 0 Å². The summed E-state index contributed by atoms with van der Waals surface area (Å²) in [6.07, 6.45) is -3.47. The number of thioether (sulfide) groups is 1. The Labute approximate surface area is 129 Å². The van der Waals surface area contributed by atoms with Crippen LogP contribution in [0.1, 0.15) is 25.1 Å². The Bertz CT molecular complexity index is 683. The van der Waals surface area contributed by atoms with Crippen molar-refractivity contribution >= 4 is 23.4 Å². The lowest BCUT2D eigenvalue weighted by Gasteiger charge is -2.08. The van der Waals surface area contributed by atoms with Gasteiger partial charge in [0.25, 0.3) is 0 Å². The zero-order chi connectivity index (χ0) is 16.3. The van der Waals surface area contributed by atoms with E-state index in [1.54, 1.807) is 6.92 Å². The Morgan fingerprint density at radius 3 is 2.68 bits per heavy atom. The molecule has 0 saturated heterocycles. The average Bonchev–Trinajstić information content (AvgIpc) is 2.76. The Morgan fingerprint density at radius 1 is 1.36 bits per heavy atom. The van der Waals surface area contributed by atoms with Gasteiger partial charge in [-0.3, -0.25) is 9.20 Å². The van der Waals surface area contributed by atoms with Gasteiger partial charge in [-0.1, -0.05) is 6.92 Å². The maximum atomic E-state index is 12.8. The summed E-state index contributed by atoms with van der Waals surface area (Å²) in [6.45, 7) is 3.82. The third kappa shape index (κ3) is 3.55. The number of carbonyl (C=O) groups is 1. The van der Waals surface area contributed by atoms with Crippen molar-refractivity contribution in [1.82, 2.24) is 9.38 Å². The van der Waals surface area contributed by atoms with Gasteiger partial charge in [0, 0.05) is 6.20 Å². The Kier molecular flexibility index (Phi) is 5.00. The van der Waals surface area contributed by atoms with E-state index in [1.165, 1.54) is 22.2 Å². The summed E-state index contributed by atoms with van der Waals surface area (Å²) in [7, 11) is 0. The van der Waals surface area contributed by atoms with Gasteiger partial charge in [-0.05, 0) is 24.8 Å². The minimum Gasteiger partial charge on any atom is -0.466 e. The molecule has 0 saturated carbocycles. The van der Waals surface area contributed by atoms with Gasteiger partial charge in [-0.2, -0.15) is 13.2 Å². The molecule has 8 heteroatoms. The van der Waals surface area contributed by atoms with Crippen molar-refractivity contribution in [2.24, 2.45) is 0 Å². The maximum Gasteiger partial charge on any atom is 0.417 e. The average molecular weight is 332 g/mol. The van der Waals surface area contributed by atoms with E-state index in [2.05, 4.69) is 4.98 Å². The molecule has 2 aromatic rings. The molecule has 0 aliphatic rings. The third-order valence-corrected chi connectivity index (χ3v) is 3.86. The van der Waals surface area contributed by atoms with E-state index < -0.39 is 17.7 Å². The van der Waals surface area contributed by atoms with E-state index in [1.807, 2.05) is 6.92 Å². The Balaban J connectivity index is 2.48. The van der Waals surface area contributed by atoms with Gasteiger partial charge in [-0.15, -0.1) is 11.8 Å². The highest BCUT2D eigenvalue weighted by Crippen LogP contribution is 2.32. The van der Waals surface area contributed by atoms with Crippen molar-refractivity contribution in [3.8, 4) is 0 Å². The molecule has 0 amide bonds. The van der Waals surface area contributed by atoms with Crippen LogP contribution in [0.15, 0.2) is 23.4 Å². The molecule has 0 bridgehead atoms. The molecule has 0 radical (unpaired) electrons. The van der Waals surface area contributed by atoms with E-state index in [-0.39, 0.29) is 13.0 Å². The van der Waals surface area contributed by atoms with Gasteiger partial charge in [0.05, 0.1) is 24.3 Å². The molecule has 2 heterocycles. The highest BCUT2D eigenvalue weighted by molar-refractivity contribution is 7.99. The van der Waals surface area contributed by atoms with E-state index in [4.69, 9.17) is 4.74 Å². The van der Waals surface area contributed by atoms with Crippen LogP contribution in [-0.4, -0.2) is 27.7 Å². The standard InChI is InChI=1S/C14H15F3N2O2S/c1-3-21-12(20)7-10-13(22-4-2)19-8-9(14(15,16)17)5-6-11(19)18-10/h5-6,8H,3-4,7H2,1-2H3. The number of pyridine rings is 1. The first-order chi connectivity index (χ1) is 10.4. The van der Waals surface area contributed by atoms with Crippen LogP contribution in [0.3, 0.4) is 0 Å². The predicted octanol–water partition coefficient (Wildman–Crippen LogP) is 3.57. The first-order valence-electron chi connectivity index (χ1n) is 6.73. The molecule has 0 aliphatic heterocycles. The maximum absolute atomic E-state index is 12.8. The number of imidazole rings is 1. The van der Waals surface area contributed by atoms with Crippen LogP contribution in [0.4, 0.5) is 13.2 Å². The fraction of sp³-hybridized carbons (Fsp3) is 0.429. The Morgan fingerprint density at radius 2 is 2.09 bits per heavy atom. The predicted molar refractivity (Wildman–Crippen MR) is 76.9 cm³/mol. The van der Waals surface area contributed by atoms with Gasteiger partial charge in [0.1, 0.15) is 10.7 Å². The number of aromatic nitrogens is 2. The molecule has 120 valence electrons. The fourth-order valence-electron chi connectivity index (χ4n) is 1.99. The lowest BCUT2D eigenvalue weighted by atomic mass is 10.3. The lowest BCUT2D eigenvalue weighted by molar-refractivity contribution is -0.142. The van der Waals surface area contributed by atoms with E-state index in [0.29, 0.717) is 22.1 Å². The topological polar surface area (TPSA) is 43.6 Å².